The summed E-state index contributed by atoms with van der Waals surface area (Å²) in [5, 5.41) is 8.34. The van der Waals surface area contributed by atoms with Crippen LogP contribution in [0, 0.1) is 5.92 Å². The average Bonchev–Trinajstić information content (AvgIpc) is 3.51. The summed E-state index contributed by atoms with van der Waals surface area (Å²) in [6.45, 7) is -0.382. The number of carbonyl (C=O) groups is 4. The van der Waals surface area contributed by atoms with E-state index in [1.165, 1.54) is 0 Å². The summed E-state index contributed by atoms with van der Waals surface area (Å²) in [6, 6.07) is 13.8. The predicted molar refractivity (Wildman–Crippen MR) is 113 cm³/mol. The van der Waals surface area contributed by atoms with Crippen LogP contribution in [0.5, 0.6) is 0 Å². The largest absolute Gasteiger partial charge is 0.326 e. The first-order valence-corrected chi connectivity index (χ1v) is 10.4. The fourth-order valence-electron chi connectivity index (χ4n) is 4.34. The van der Waals surface area contributed by atoms with Gasteiger partial charge in [-0.1, -0.05) is 30.3 Å². The Labute approximate surface area is 179 Å². The first-order valence-electron chi connectivity index (χ1n) is 10.4. The summed E-state index contributed by atoms with van der Waals surface area (Å²) in [5.74, 6) is -0.837. The van der Waals surface area contributed by atoms with Gasteiger partial charge in [0, 0.05) is 17.3 Å². The molecule has 0 aromatic heterocycles. The third-order valence-electron chi connectivity index (χ3n) is 6.09. The molecule has 1 atom stereocenters. The maximum absolute atomic E-state index is 13.2. The summed E-state index contributed by atoms with van der Waals surface area (Å²) >= 11 is 0. The highest BCUT2D eigenvalue weighted by molar-refractivity contribution is 6.11. The Balaban J connectivity index is 1.26. The van der Waals surface area contributed by atoms with Gasteiger partial charge in [-0.25, -0.2) is 4.79 Å². The van der Waals surface area contributed by atoms with Crippen molar-refractivity contribution in [3.63, 3.8) is 0 Å². The Morgan fingerprint density at radius 2 is 1.77 bits per heavy atom. The number of nitrogens with zero attached hydrogens (tertiary/aromatic N) is 1. The summed E-state index contributed by atoms with van der Waals surface area (Å²) < 4.78 is 0. The van der Waals surface area contributed by atoms with Gasteiger partial charge in [0.15, 0.2) is 0 Å². The maximum Gasteiger partial charge on any atom is 0.325 e. The molecule has 5 amide bonds. The molecule has 3 aliphatic rings. The van der Waals surface area contributed by atoms with Crippen molar-refractivity contribution in [3.8, 4) is 0 Å². The lowest BCUT2D eigenvalue weighted by atomic mass is 9.92. The van der Waals surface area contributed by atoms with Crippen LogP contribution in [-0.2, 0) is 26.3 Å². The first kappa shape index (κ1) is 19.3. The number of aryl methyl sites for hydroxylation is 1. The molecule has 1 saturated carbocycles. The van der Waals surface area contributed by atoms with Crippen molar-refractivity contribution in [2.24, 2.45) is 5.92 Å². The van der Waals surface area contributed by atoms with Crippen LogP contribution in [-0.4, -0.2) is 35.2 Å². The molecule has 8 heteroatoms. The van der Waals surface area contributed by atoms with E-state index in [-0.39, 0.29) is 18.4 Å². The van der Waals surface area contributed by atoms with Gasteiger partial charge in [0.1, 0.15) is 12.1 Å². The number of fused-ring (bicyclic) bond motifs is 2. The lowest BCUT2D eigenvalue weighted by Crippen LogP contribution is -2.43. The second-order valence-electron chi connectivity index (χ2n) is 8.28. The van der Waals surface area contributed by atoms with Crippen LogP contribution in [0.1, 0.15) is 30.4 Å². The summed E-state index contributed by atoms with van der Waals surface area (Å²) in [4.78, 5) is 51.2. The molecule has 0 radical (unpaired) electrons. The van der Waals surface area contributed by atoms with E-state index >= 15 is 0 Å². The van der Waals surface area contributed by atoms with Crippen molar-refractivity contribution in [2.45, 2.75) is 31.2 Å². The molecule has 2 fully saturated rings. The molecule has 8 nitrogen and oxygen atoms in total. The quantitative estimate of drug-likeness (QED) is 0.648. The molecule has 158 valence electrons. The summed E-state index contributed by atoms with van der Waals surface area (Å²) in [6.07, 6.45) is 2.99. The highest BCUT2D eigenvalue weighted by atomic mass is 16.2. The first-order chi connectivity index (χ1) is 15.0. The zero-order valence-electron chi connectivity index (χ0n) is 16.8. The Morgan fingerprint density at radius 1 is 1.03 bits per heavy atom. The number of anilines is 2. The molecule has 2 aromatic rings. The molecule has 1 saturated heterocycles. The van der Waals surface area contributed by atoms with E-state index in [0.29, 0.717) is 24.2 Å². The van der Waals surface area contributed by atoms with Crippen molar-refractivity contribution < 1.29 is 19.2 Å². The number of carbonyl (C=O) groups excluding carboxylic acids is 4. The van der Waals surface area contributed by atoms with Crippen molar-refractivity contribution in [1.29, 1.82) is 0 Å². The van der Waals surface area contributed by atoms with E-state index in [2.05, 4.69) is 16.0 Å². The molecular formula is C23H22N4O4. The fourth-order valence-corrected chi connectivity index (χ4v) is 4.34. The van der Waals surface area contributed by atoms with Crippen molar-refractivity contribution in [2.75, 3.05) is 17.2 Å². The van der Waals surface area contributed by atoms with Crippen LogP contribution >= 0.6 is 0 Å². The van der Waals surface area contributed by atoms with Crippen molar-refractivity contribution >= 4 is 35.1 Å². The van der Waals surface area contributed by atoms with Gasteiger partial charge in [-0.2, -0.15) is 0 Å². The third-order valence-corrected chi connectivity index (χ3v) is 6.09. The van der Waals surface area contributed by atoms with Gasteiger partial charge in [-0.05, 0) is 55.0 Å². The molecule has 3 N–H and O–H groups in total. The van der Waals surface area contributed by atoms with E-state index < -0.39 is 23.4 Å². The van der Waals surface area contributed by atoms with E-state index in [1.54, 1.807) is 24.3 Å². The van der Waals surface area contributed by atoms with Crippen LogP contribution in [0.15, 0.2) is 48.5 Å². The molecule has 2 aliphatic carbocycles. The number of hydrogen-bond donors (Lipinski definition) is 3. The number of urea groups is 1. The average molecular weight is 418 g/mol. The van der Waals surface area contributed by atoms with Crippen LogP contribution in [0.25, 0.3) is 0 Å². The number of hydrogen-bond acceptors (Lipinski definition) is 4. The zero-order valence-corrected chi connectivity index (χ0v) is 16.8. The normalized spacial score (nSPS) is 21.7. The molecule has 31 heavy (non-hydrogen) atoms. The Morgan fingerprint density at radius 3 is 2.55 bits per heavy atom. The monoisotopic (exact) mass is 418 g/mol. The van der Waals surface area contributed by atoms with Gasteiger partial charge >= 0.3 is 6.03 Å². The second-order valence-corrected chi connectivity index (χ2v) is 8.28. The van der Waals surface area contributed by atoms with E-state index in [1.807, 2.05) is 24.3 Å². The van der Waals surface area contributed by atoms with Crippen LogP contribution in [0.2, 0.25) is 0 Å². The minimum atomic E-state index is -1.08. The number of amides is 5. The highest BCUT2D eigenvalue weighted by Crippen LogP contribution is 2.41. The maximum atomic E-state index is 13.2. The molecule has 5 rings (SSSR count). The minimum absolute atomic E-state index is 0.0232. The van der Waals surface area contributed by atoms with E-state index in [4.69, 9.17) is 0 Å². The third kappa shape index (κ3) is 3.43. The smallest absolute Gasteiger partial charge is 0.325 e. The van der Waals surface area contributed by atoms with Crippen LogP contribution < -0.4 is 16.0 Å². The molecule has 1 aliphatic heterocycles. The Hall–Kier alpha value is -3.68. The topological polar surface area (TPSA) is 108 Å². The lowest BCUT2D eigenvalue weighted by Gasteiger charge is -2.22. The van der Waals surface area contributed by atoms with Gasteiger partial charge in [-0.15, -0.1) is 0 Å². The number of benzene rings is 2. The van der Waals surface area contributed by atoms with Gasteiger partial charge in [0.25, 0.3) is 5.91 Å². The summed E-state index contributed by atoms with van der Waals surface area (Å²) in [5.41, 5.74) is 1.82. The van der Waals surface area contributed by atoms with Gasteiger partial charge in [0.05, 0.1) is 0 Å². The van der Waals surface area contributed by atoms with Crippen LogP contribution in [0.4, 0.5) is 16.2 Å². The number of imide groups is 1. The van der Waals surface area contributed by atoms with Gasteiger partial charge in [-0.3, -0.25) is 19.3 Å². The van der Waals surface area contributed by atoms with E-state index in [9.17, 15) is 19.2 Å². The molecular weight excluding hydrogens is 396 g/mol. The predicted octanol–water partition coefficient (Wildman–Crippen LogP) is 2.37. The van der Waals surface area contributed by atoms with Crippen LogP contribution in [0.3, 0.4) is 0 Å². The van der Waals surface area contributed by atoms with E-state index in [0.717, 1.165) is 28.9 Å². The van der Waals surface area contributed by atoms with Crippen molar-refractivity contribution in [1.82, 2.24) is 10.2 Å². The zero-order chi connectivity index (χ0) is 21.6. The molecule has 1 heterocycles. The fraction of sp³-hybridized carbons (Fsp3) is 0.304. The Bertz CT molecular complexity index is 1110. The standard InChI is InChI=1S/C23H22N4O4/c28-19(24-16-5-3-6-17(12-16)25-20(29)15-8-9-15)13-27-21(30)23(26-22(27)31)11-10-14-4-1-2-7-18(14)23/h1-7,12,15H,8-11,13H2,(H,24,28)(H,25,29)(H,26,31). The number of nitrogens with one attached hydrogen (secondary N) is 3. The summed E-state index contributed by atoms with van der Waals surface area (Å²) in [7, 11) is 0. The van der Waals surface area contributed by atoms with Gasteiger partial charge in [0.2, 0.25) is 11.8 Å². The van der Waals surface area contributed by atoms with Gasteiger partial charge < -0.3 is 16.0 Å². The molecule has 1 unspecified atom stereocenters. The minimum Gasteiger partial charge on any atom is -0.326 e. The molecule has 1 spiro atoms. The molecule has 0 bridgehead atoms. The molecule has 2 aromatic carbocycles. The lowest BCUT2D eigenvalue weighted by molar-refractivity contribution is -0.134. The highest BCUT2D eigenvalue weighted by Gasteiger charge is 2.55. The SMILES string of the molecule is O=C(CN1C(=O)NC2(CCc3ccccc32)C1=O)Nc1cccc(NC(=O)C2CC2)c1. The second kappa shape index (κ2) is 7.23. The van der Waals surface area contributed by atoms with Crippen molar-refractivity contribution in [3.05, 3.63) is 59.7 Å². The number of rotatable bonds is 5. The Kier molecular flexibility index (Phi) is 4.50.